The average Bonchev–Trinajstić information content (AvgIpc) is 3.45. The first-order valence-electron chi connectivity index (χ1n) is 9.71. The third kappa shape index (κ3) is 1.93. The number of ether oxygens (including phenoxy) is 4. The van der Waals surface area contributed by atoms with Crippen molar-refractivity contribution in [1.82, 2.24) is 0 Å². The molecule has 7 nitrogen and oxygen atoms in total. The van der Waals surface area contributed by atoms with Crippen molar-refractivity contribution < 1.29 is 33.6 Å². The highest BCUT2D eigenvalue weighted by Crippen LogP contribution is 2.75. The highest BCUT2D eigenvalue weighted by Gasteiger charge is 2.93. The van der Waals surface area contributed by atoms with Crippen LogP contribution in [-0.4, -0.2) is 58.3 Å². The minimum Gasteiger partial charge on any atom is -0.461 e. The van der Waals surface area contributed by atoms with E-state index in [9.17, 15) is 14.7 Å². The Bertz CT molecular complexity index is 772. The number of epoxide rings is 2. The molecule has 27 heavy (non-hydrogen) atoms. The van der Waals surface area contributed by atoms with E-state index < -0.39 is 40.9 Å². The Morgan fingerprint density at radius 1 is 1.30 bits per heavy atom. The van der Waals surface area contributed by atoms with Crippen molar-refractivity contribution in [2.24, 2.45) is 17.8 Å². The maximum atomic E-state index is 12.5. The Kier molecular flexibility index (Phi) is 3.22. The van der Waals surface area contributed by atoms with Crippen molar-refractivity contribution >= 4 is 11.9 Å². The Morgan fingerprint density at radius 3 is 2.67 bits per heavy atom. The fraction of sp³-hybridized carbons (Fsp3) is 0.800. The van der Waals surface area contributed by atoms with Crippen molar-refractivity contribution in [2.45, 2.75) is 82.3 Å². The van der Waals surface area contributed by atoms with Gasteiger partial charge >= 0.3 is 11.9 Å². The third-order valence-electron chi connectivity index (χ3n) is 7.72. The number of hydrogen-bond donors (Lipinski definition) is 1. The van der Waals surface area contributed by atoms with E-state index in [1.165, 1.54) is 0 Å². The van der Waals surface area contributed by atoms with E-state index in [1.807, 2.05) is 6.92 Å². The number of aliphatic hydroxyl groups is 1. The molecule has 3 aliphatic heterocycles. The summed E-state index contributed by atoms with van der Waals surface area (Å²) in [5.74, 6) is -1.78. The molecule has 1 spiro atoms. The molecule has 0 radical (unpaired) electrons. The van der Waals surface area contributed by atoms with Crippen LogP contribution in [0.15, 0.2) is 11.6 Å². The monoisotopic (exact) mass is 378 g/mol. The van der Waals surface area contributed by atoms with Gasteiger partial charge in [0.2, 0.25) is 0 Å². The molecular weight excluding hydrogens is 352 g/mol. The topological polar surface area (TPSA) is 97.9 Å². The molecule has 0 amide bonds. The second-order valence-electron chi connectivity index (χ2n) is 9.19. The Balaban J connectivity index is 1.57. The fourth-order valence-corrected chi connectivity index (χ4v) is 6.07. The van der Waals surface area contributed by atoms with Crippen molar-refractivity contribution in [3.8, 4) is 0 Å². The molecule has 3 saturated heterocycles. The lowest BCUT2D eigenvalue weighted by Gasteiger charge is -2.36. The third-order valence-corrected chi connectivity index (χ3v) is 7.72. The maximum Gasteiger partial charge on any atom is 0.333 e. The van der Waals surface area contributed by atoms with Crippen LogP contribution in [0, 0.1) is 17.8 Å². The predicted molar refractivity (Wildman–Crippen MR) is 91.5 cm³/mol. The summed E-state index contributed by atoms with van der Waals surface area (Å²) in [4.78, 5) is 24.9. The molecule has 5 fully saturated rings. The first-order chi connectivity index (χ1) is 12.6. The summed E-state index contributed by atoms with van der Waals surface area (Å²) in [5, 5.41) is 11.4. The number of rotatable bonds is 2. The molecule has 2 saturated carbocycles. The number of carbonyl (C=O) groups excluding carboxylic acids is 2. The number of fused-ring (bicyclic) bond motifs is 5. The summed E-state index contributed by atoms with van der Waals surface area (Å²) in [6, 6.07) is 0. The minimum atomic E-state index is -1.21. The van der Waals surface area contributed by atoms with Gasteiger partial charge in [0.25, 0.3) is 0 Å². The number of allylic oxidation sites excluding steroid dienone is 1. The molecule has 3 heterocycles. The van der Waals surface area contributed by atoms with Crippen LogP contribution in [0.3, 0.4) is 0 Å². The van der Waals surface area contributed by atoms with Gasteiger partial charge < -0.3 is 24.1 Å². The fourth-order valence-electron chi connectivity index (χ4n) is 6.07. The molecule has 0 aromatic rings. The molecule has 5 rings (SSSR count). The lowest BCUT2D eigenvalue weighted by molar-refractivity contribution is -0.154. The molecule has 1 N–H and O–H groups in total. The molecular formula is C20H26O7. The predicted octanol–water partition coefficient (Wildman–Crippen LogP) is 1.12. The second-order valence-corrected chi connectivity index (χ2v) is 9.19. The van der Waals surface area contributed by atoms with Crippen LogP contribution in [0.25, 0.3) is 0 Å². The molecule has 0 aromatic carbocycles. The Morgan fingerprint density at radius 2 is 2.00 bits per heavy atom. The van der Waals surface area contributed by atoms with E-state index in [2.05, 4.69) is 0 Å². The van der Waals surface area contributed by atoms with Crippen LogP contribution in [-0.2, 0) is 28.5 Å². The summed E-state index contributed by atoms with van der Waals surface area (Å²) in [6.07, 6.45) is 0.462. The molecule has 0 unspecified atom stereocenters. The molecule has 7 heteroatoms. The van der Waals surface area contributed by atoms with Crippen molar-refractivity contribution in [2.75, 3.05) is 0 Å². The number of esters is 2. The maximum absolute atomic E-state index is 12.5. The van der Waals surface area contributed by atoms with Gasteiger partial charge in [-0.1, -0.05) is 13.0 Å². The SMILES string of the molecule is C/C=C(/C)C(=O)O[C@H]1C[C@@](C)(O)[C@]23O[C@H]2[C@H]2O[C@@]2(C)[C@@H]3[C@H]2OC(=O)[C@@H](C)[C@@H]21. The molecule has 0 bridgehead atoms. The van der Waals surface area contributed by atoms with E-state index in [-0.39, 0.29) is 36.4 Å². The lowest BCUT2D eigenvalue weighted by Crippen LogP contribution is -2.53. The van der Waals surface area contributed by atoms with Crippen LogP contribution in [0.2, 0.25) is 0 Å². The highest BCUT2D eigenvalue weighted by molar-refractivity contribution is 5.87. The number of carbonyl (C=O) groups is 2. The van der Waals surface area contributed by atoms with Crippen molar-refractivity contribution in [3.05, 3.63) is 11.6 Å². The van der Waals surface area contributed by atoms with Crippen LogP contribution >= 0.6 is 0 Å². The van der Waals surface area contributed by atoms with E-state index >= 15 is 0 Å². The first kappa shape index (κ1) is 17.6. The summed E-state index contributed by atoms with van der Waals surface area (Å²) in [7, 11) is 0. The van der Waals surface area contributed by atoms with E-state index in [1.54, 1.807) is 33.8 Å². The van der Waals surface area contributed by atoms with Crippen LogP contribution in [0.5, 0.6) is 0 Å². The van der Waals surface area contributed by atoms with E-state index in [0.29, 0.717) is 5.57 Å². The molecule has 148 valence electrons. The average molecular weight is 378 g/mol. The Labute approximate surface area is 158 Å². The highest BCUT2D eigenvalue weighted by atomic mass is 16.7. The largest absolute Gasteiger partial charge is 0.461 e. The minimum absolute atomic E-state index is 0.0754. The Hall–Kier alpha value is -1.44. The van der Waals surface area contributed by atoms with E-state index in [4.69, 9.17) is 18.9 Å². The van der Waals surface area contributed by atoms with Gasteiger partial charge in [-0.15, -0.1) is 0 Å². The first-order valence-corrected chi connectivity index (χ1v) is 9.71. The molecule has 5 aliphatic rings. The quantitative estimate of drug-likeness (QED) is 0.437. The van der Waals surface area contributed by atoms with Crippen molar-refractivity contribution in [1.29, 1.82) is 0 Å². The summed E-state index contributed by atoms with van der Waals surface area (Å²) in [6.45, 7) is 9.00. The summed E-state index contributed by atoms with van der Waals surface area (Å²) >= 11 is 0. The molecule has 0 aromatic heterocycles. The van der Waals surface area contributed by atoms with Gasteiger partial charge in [0.05, 0.1) is 17.4 Å². The zero-order chi connectivity index (χ0) is 19.5. The van der Waals surface area contributed by atoms with Crippen LogP contribution < -0.4 is 0 Å². The summed E-state index contributed by atoms with van der Waals surface area (Å²) < 4.78 is 23.6. The zero-order valence-corrected chi connectivity index (χ0v) is 16.2. The molecule has 2 aliphatic carbocycles. The van der Waals surface area contributed by atoms with Gasteiger partial charge in [0.15, 0.2) is 0 Å². The normalized spacial score (nSPS) is 57.6. The van der Waals surface area contributed by atoms with Gasteiger partial charge in [-0.3, -0.25) is 4.79 Å². The van der Waals surface area contributed by atoms with Gasteiger partial charge in [-0.2, -0.15) is 0 Å². The van der Waals surface area contributed by atoms with Gasteiger partial charge in [-0.05, 0) is 27.7 Å². The number of hydrogen-bond acceptors (Lipinski definition) is 7. The van der Waals surface area contributed by atoms with E-state index in [0.717, 1.165) is 0 Å². The summed E-state index contributed by atoms with van der Waals surface area (Å²) in [5.41, 5.74) is -2.01. The van der Waals surface area contributed by atoms with Crippen LogP contribution in [0.1, 0.15) is 41.0 Å². The van der Waals surface area contributed by atoms with Gasteiger partial charge in [0.1, 0.15) is 35.6 Å². The molecule has 10 atom stereocenters. The lowest BCUT2D eigenvalue weighted by atomic mass is 9.73. The second kappa shape index (κ2) is 4.93. The zero-order valence-electron chi connectivity index (χ0n) is 16.2. The van der Waals surface area contributed by atoms with Crippen LogP contribution in [0.4, 0.5) is 0 Å². The van der Waals surface area contributed by atoms with Gasteiger partial charge in [0, 0.05) is 17.9 Å². The van der Waals surface area contributed by atoms with Gasteiger partial charge in [-0.25, -0.2) is 4.79 Å². The standard InChI is InChI=1S/C20H26O7/c1-6-8(2)16(21)24-10-7-18(4,23)20-13(12-11(10)9(3)17(22)25-12)19(5)14(26-19)15(20)27-20/h6,9-15,23H,7H2,1-5H3/b8-6-/t9-,10-,11+,12-,13-,14+,15-,18+,19-,20+/m0/s1. The van der Waals surface area contributed by atoms with Crippen molar-refractivity contribution in [3.63, 3.8) is 0 Å². The smallest absolute Gasteiger partial charge is 0.333 e.